The molecule has 3 unspecified atom stereocenters. The van der Waals surface area contributed by atoms with E-state index in [1.807, 2.05) is 0 Å². The molecule has 1 aromatic rings. The van der Waals surface area contributed by atoms with Crippen LogP contribution < -0.4 is 5.32 Å². The molecular formula is C16H16N2O7S2. The van der Waals surface area contributed by atoms with Gasteiger partial charge < -0.3 is 10.4 Å². The summed E-state index contributed by atoms with van der Waals surface area (Å²) in [6.07, 6.45) is 1.43. The van der Waals surface area contributed by atoms with Gasteiger partial charge in [-0.3, -0.25) is 19.0 Å². The number of benzene rings is 1. The Hall–Kier alpha value is -2.37. The maximum absolute atomic E-state index is 12.5. The quantitative estimate of drug-likeness (QED) is 0.465. The molecule has 4 atom stereocenters. The average Bonchev–Trinajstić information content (AvgIpc) is 2.58. The topological polar surface area (TPSA) is 141 Å². The zero-order valence-corrected chi connectivity index (χ0v) is 15.6. The van der Waals surface area contributed by atoms with Crippen molar-refractivity contribution in [1.82, 2.24) is 10.2 Å². The lowest BCUT2D eigenvalue weighted by Crippen LogP contribution is -2.71. The highest BCUT2D eigenvalue weighted by molar-refractivity contribution is 8.00. The van der Waals surface area contributed by atoms with Crippen LogP contribution in [0.15, 0.2) is 42.1 Å². The van der Waals surface area contributed by atoms with Crippen LogP contribution in [-0.4, -0.2) is 57.4 Å². The first kappa shape index (κ1) is 19.4. The number of hydrogen-bond donors (Lipinski definition) is 3. The van der Waals surface area contributed by atoms with Crippen molar-refractivity contribution in [3.8, 4) is 0 Å². The molecule has 0 aliphatic carbocycles. The number of thioether (sulfide) groups is 1. The van der Waals surface area contributed by atoms with Crippen LogP contribution in [-0.2, 0) is 24.5 Å². The molecular weight excluding hydrogens is 396 g/mol. The van der Waals surface area contributed by atoms with Crippen molar-refractivity contribution < 1.29 is 32.5 Å². The van der Waals surface area contributed by atoms with E-state index in [0.29, 0.717) is 0 Å². The van der Waals surface area contributed by atoms with Gasteiger partial charge in [-0.05, 0) is 18.6 Å². The van der Waals surface area contributed by atoms with Gasteiger partial charge in [-0.2, -0.15) is 8.42 Å². The van der Waals surface area contributed by atoms with Crippen molar-refractivity contribution in [3.63, 3.8) is 0 Å². The van der Waals surface area contributed by atoms with Gasteiger partial charge in [-0.1, -0.05) is 30.3 Å². The number of carbonyl (C=O) groups excluding carboxylic acids is 2. The highest BCUT2D eigenvalue weighted by Gasteiger charge is 2.54. The lowest BCUT2D eigenvalue weighted by atomic mass is 10.0. The Balaban J connectivity index is 1.83. The summed E-state index contributed by atoms with van der Waals surface area (Å²) in [5, 5.41) is 8.82. The normalized spacial score (nSPS) is 25.7. The Bertz CT molecular complexity index is 929. The number of aliphatic carboxylic acids is 1. The Morgan fingerprint density at radius 1 is 1.26 bits per heavy atom. The van der Waals surface area contributed by atoms with Crippen molar-refractivity contribution in [1.29, 1.82) is 0 Å². The van der Waals surface area contributed by atoms with Crippen LogP contribution in [0.3, 0.4) is 0 Å². The van der Waals surface area contributed by atoms with Crippen LogP contribution in [0.5, 0.6) is 0 Å². The van der Waals surface area contributed by atoms with Gasteiger partial charge in [0.25, 0.3) is 16.0 Å². The number of amides is 2. The summed E-state index contributed by atoms with van der Waals surface area (Å²) in [6, 6.07) is 6.31. The smallest absolute Gasteiger partial charge is 0.352 e. The molecule has 0 radical (unpaired) electrons. The van der Waals surface area contributed by atoms with Crippen LogP contribution in [0.2, 0.25) is 0 Å². The number of β-lactam (4-membered cyclic amide) rings is 1. The van der Waals surface area contributed by atoms with Gasteiger partial charge in [0.15, 0.2) is 5.25 Å². The monoisotopic (exact) mass is 412 g/mol. The molecule has 1 aromatic carbocycles. The minimum absolute atomic E-state index is 0.0527. The second kappa shape index (κ2) is 6.98. The SMILES string of the molecule is CC1C=C(C(=O)O)N2C(=O)C(NC(=O)C(c3ccccc3)S(=O)(=O)O)[C@@H]2S1. The second-order valence-electron chi connectivity index (χ2n) is 6.09. The van der Waals surface area contributed by atoms with Crippen molar-refractivity contribution in [2.24, 2.45) is 0 Å². The van der Waals surface area contributed by atoms with Gasteiger partial charge in [-0.25, -0.2) is 4.79 Å². The van der Waals surface area contributed by atoms with E-state index < -0.39 is 44.6 Å². The van der Waals surface area contributed by atoms with Crippen LogP contribution in [0, 0.1) is 0 Å². The van der Waals surface area contributed by atoms with Gasteiger partial charge in [0.1, 0.15) is 17.1 Å². The van der Waals surface area contributed by atoms with Crippen molar-refractivity contribution >= 4 is 39.7 Å². The highest BCUT2D eigenvalue weighted by atomic mass is 32.2. The predicted octanol–water partition coefficient (Wildman–Crippen LogP) is 0.372. The standard InChI is InChI=1S/C16H16N2O7S2/c1-8-7-10(16(21)22)18-14(20)11(15(18)26-8)17-13(19)12(27(23,24)25)9-5-3-2-4-6-9/h2-8,11-12,15H,1H3,(H,17,19)(H,21,22)(H,23,24,25)/t8?,11?,12?,15-/m0/s1. The number of nitrogens with one attached hydrogen (secondary N) is 1. The summed E-state index contributed by atoms with van der Waals surface area (Å²) in [7, 11) is -4.78. The molecule has 0 spiro atoms. The molecule has 27 heavy (non-hydrogen) atoms. The molecule has 9 nitrogen and oxygen atoms in total. The summed E-state index contributed by atoms with van der Waals surface area (Å²) in [6.45, 7) is 1.75. The van der Waals surface area contributed by atoms with E-state index in [4.69, 9.17) is 0 Å². The molecule has 0 aromatic heterocycles. The Morgan fingerprint density at radius 2 is 1.89 bits per heavy atom. The lowest BCUT2D eigenvalue weighted by Gasteiger charge is -2.49. The molecule has 3 rings (SSSR count). The van der Waals surface area contributed by atoms with Crippen LogP contribution in [0.25, 0.3) is 0 Å². The van der Waals surface area contributed by atoms with E-state index >= 15 is 0 Å². The molecule has 2 heterocycles. The number of nitrogens with zero attached hydrogens (tertiary/aromatic N) is 1. The molecule has 3 N–H and O–H groups in total. The molecule has 1 fully saturated rings. The van der Waals surface area contributed by atoms with E-state index in [0.717, 1.165) is 4.90 Å². The van der Waals surface area contributed by atoms with Crippen molar-refractivity contribution in [2.75, 3.05) is 0 Å². The fourth-order valence-corrected chi connectivity index (χ4v) is 5.21. The molecule has 0 saturated carbocycles. The van der Waals surface area contributed by atoms with Crippen LogP contribution >= 0.6 is 11.8 Å². The average molecular weight is 412 g/mol. The summed E-state index contributed by atoms with van der Waals surface area (Å²) in [5.41, 5.74) is -0.118. The molecule has 2 amide bonds. The molecule has 11 heteroatoms. The number of carboxylic acid groups (broad SMARTS) is 1. The Morgan fingerprint density at radius 3 is 2.44 bits per heavy atom. The fraction of sp³-hybridized carbons (Fsp3) is 0.312. The second-order valence-corrected chi connectivity index (χ2v) is 9.09. The summed E-state index contributed by atoms with van der Waals surface area (Å²) in [5.74, 6) is -2.96. The first-order valence-electron chi connectivity index (χ1n) is 7.86. The van der Waals surface area contributed by atoms with Crippen LogP contribution in [0.4, 0.5) is 0 Å². The lowest BCUT2D eigenvalue weighted by molar-refractivity contribution is -0.150. The maximum atomic E-state index is 12.5. The molecule has 1 saturated heterocycles. The molecule has 144 valence electrons. The van der Waals surface area contributed by atoms with E-state index in [1.165, 1.54) is 42.1 Å². The van der Waals surface area contributed by atoms with Gasteiger partial charge in [0.2, 0.25) is 5.91 Å². The summed E-state index contributed by atoms with van der Waals surface area (Å²) in [4.78, 5) is 37.3. The number of rotatable bonds is 5. The van der Waals surface area contributed by atoms with E-state index in [9.17, 15) is 32.5 Å². The van der Waals surface area contributed by atoms with Gasteiger partial charge in [0.05, 0.1) is 0 Å². The number of fused-ring (bicyclic) bond motifs is 1. The zero-order chi connectivity index (χ0) is 19.9. The van der Waals surface area contributed by atoms with Gasteiger partial charge >= 0.3 is 5.97 Å². The number of hydrogen-bond acceptors (Lipinski definition) is 6. The highest BCUT2D eigenvalue weighted by Crippen LogP contribution is 2.41. The fourth-order valence-electron chi connectivity index (χ4n) is 3.04. The number of carbonyl (C=O) groups is 3. The molecule has 0 bridgehead atoms. The summed E-state index contributed by atoms with van der Waals surface area (Å²) >= 11 is 1.26. The van der Waals surface area contributed by atoms with Gasteiger partial charge in [0, 0.05) is 5.25 Å². The largest absolute Gasteiger partial charge is 0.477 e. The molecule has 2 aliphatic heterocycles. The predicted molar refractivity (Wildman–Crippen MR) is 96.1 cm³/mol. The maximum Gasteiger partial charge on any atom is 0.352 e. The Kier molecular flexibility index (Phi) is 5.02. The number of carboxylic acids is 1. The minimum Gasteiger partial charge on any atom is -0.477 e. The first-order valence-corrected chi connectivity index (χ1v) is 10.3. The third kappa shape index (κ3) is 3.57. The minimum atomic E-state index is -4.78. The third-order valence-electron chi connectivity index (χ3n) is 4.20. The summed E-state index contributed by atoms with van der Waals surface area (Å²) < 4.78 is 32.9. The first-order chi connectivity index (χ1) is 12.6. The zero-order valence-electron chi connectivity index (χ0n) is 14.0. The molecule has 2 aliphatic rings. The van der Waals surface area contributed by atoms with E-state index in [-0.39, 0.29) is 16.5 Å². The van der Waals surface area contributed by atoms with Crippen molar-refractivity contribution in [3.05, 3.63) is 47.7 Å². The van der Waals surface area contributed by atoms with E-state index in [2.05, 4.69) is 5.32 Å². The third-order valence-corrected chi connectivity index (χ3v) is 6.61. The van der Waals surface area contributed by atoms with E-state index in [1.54, 1.807) is 13.0 Å². The van der Waals surface area contributed by atoms with Gasteiger partial charge in [-0.15, -0.1) is 11.8 Å². The Labute approximate surface area is 159 Å². The van der Waals surface area contributed by atoms with Crippen molar-refractivity contribution in [2.45, 2.75) is 28.8 Å². The van der Waals surface area contributed by atoms with Crippen LogP contribution in [0.1, 0.15) is 17.7 Å².